The van der Waals surface area contributed by atoms with Crippen LogP contribution in [0.25, 0.3) is 0 Å². The van der Waals surface area contributed by atoms with Crippen molar-refractivity contribution >= 4 is 12.8 Å². The summed E-state index contributed by atoms with van der Waals surface area (Å²) in [6.45, 7) is 2.50. The highest BCUT2D eigenvalue weighted by atomic mass is 16.1. The quantitative estimate of drug-likeness (QED) is 0.311. The van der Waals surface area contributed by atoms with Gasteiger partial charge in [0.2, 0.25) is 6.08 Å². The summed E-state index contributed by atoms with van der Waals surface area (Å²) >= 11 is 0. The van der Waals surface area contributed by atoms with Crippen molar-refractivity contribution in [3.63, 3.8) is 0 Å². The first kappa shape index (κ1) is 8.96. The van der Waals surface area contributed by atoms with E-state index in [1.807, 2.05) is 0 Å². The number of carbonyl (C=O) groups excluding carboxylic acids is 1. The van der Waals surface area contributed by atoms with Crippen molar-refractivity contribution in [2.24, 2.45) is 0 Å². The van der Waals surface area contributed by atoms with Gasteiger partial charge in [-0.3, -0.25) is 0 Å². The van der Waals surface area contributed by atoms with E-state index >= 15 is 0 Å². The topological polar surface area (TPSA) is 64.8 Å². The van der Waals surface area contributed by atoms with Gasteiger partial charge >= 0.3 is 0 Å². The summed E-state index contributed by atoms with van der Waals surface area (Å²) in [6, 6.07) is 0. The van der Waals surface area contributed by atoms with Gasteiger partial charge < -0.3 is 5.41 Å². The zero-order chi connectivity index (χ0) is 4.71. The first-order valence-corrected chi connectivity index (χ1v) is 0.808. The minimum Gasteiger partial charge on any atom is -0.317 e. The Hall–Kier alpha value is -0.950. The van der Waals surface area contributed by atoms with Gasteiger partial charge in [-0.15, -0.1) is 0 Å². The minimum atomic E-state index is 0.750. The number of nitrogens with one attached hydrogen (secondary N) is 2. The van der Waals surface area contributed by atoms with Gasteiger partial charge in [0.05, 0.1) is 0 Å². The average Bonchev–Trinajstić information content (AvgIpc) is 1.46. The summed E-state index contributed by atoms with van der Waals surface area (Å²) in [6.07, 6.45) is 0.750. The second-order valence-corrected chi connectivity index (χ2v) is 0.102. The van der Waals surface area contributed by atoms with Crippen LogP contribution in [0, 0.1) is 10.8 Å². The van der Waals surface area contributed by atoms with Gasteiger partial charge in [-0.2, -0.15) is 0 Å². The normalized spacial score (nSPS) is 2.40. The molecule has 0 spiro atoms. The molecular weight excluding hydrogens is 68.0 g/mol. The van der Waals surface area contributed by atoms with E-state index in [0.29, 0.717) is 0 Å². The number of hydrogen-bond acceptors (Lipinski definition) is 3. The van der Waals surface area contributed by atoms with Crippen molar-refractivity contribution in [3.8, 4) is 0 Å². The summed E-state index contributed by atoms with van der Waals surface area (Å²) in [7, 11) is 0. The minimum absolute atomic E-state index is 0.750. The van der Waals surface area contributed by atoms with Crippen LogP contribution in [0.5, 0.6) is 0 Å². The Balaban J connectivity index is 0. The summed E-state index contributed by atoms with van der Waals surface area (Å²) in [5.41, 5.74) is 0. The summed E-state index contributed by atoms with van der Waals surface area (Å²) < 4.78 is 0. The zero-order valence-electron chi connectivity index (χ0n) is 2.62. The van der Waals surface area contributed by atoms with Crippen molar-refractivity contribution in [2.45, 2.75) is 0 Å². The molecule has 0 rings (SSSR count). The predicted molar refractivity (Wildman–Crippen MR) is 18.3 cm³/mol. The Morgan fingerprint density at radius 1 is 1.60 bits per heavy atom. The van der Waals surface area contributed by atoms with Crippen molar-refractivity contribution in [2.75, 3.05) is 0 Å². The molecule has 0 unspecified atom stereocenters. The van der Waals surface area contributed by atoms with Gasteiger partial charge in [-0.05, 0) is 6.72 Å². The first-order chi connectivity index (χ1) is 2.41. The van der Waals surface area contributed by atoms with Crippen LogP contribution in [0.15, 0.2) is 0 Å². The van der Waals surface area contributed by atoms with Crippen LogP contribution in [-0.2, 0) is 4.79 Å². The largest absolute Gasteiger partial charge is 0.317 e. The summed E-state index contributed by atoms with van der Waals surface area (Å²) in [4.78, 5) is 8.35. The lowest BCUT2D eigenvalue weighted by Gasteiger charge is -1.02. The molecule has 0 heterocycles. The fourth-order valence-electron chi connectivity index (χ4n) is 0. The summed E-state index contributed by atoms with van der Waals surface area (Å²) in [5.74, 6) is 0. The molecule has 28 valence electrons. The zero-order valence-corrected chi connectivity index (χ0v) is 2.62. The van der Waals surface area contributed by atoms with E-state index in [0.717, 1.165) is 6.08 Å². The van der Waals surface area contributed by atoms with E-state index in [9.17, 15) is 0 Å². The van der Waals surface area contributed by atoms with Crippen LogP contribution < -0.4 is 0 Å². The lowest BCUT2D eigenvalue weighted by atomic mass is 11.7. The van der Waals surface area contributed by atoms with E-state index < -0.39 is 0 Å². The fourth-order valence-corrected chi connectivity index (χ4v) is 0. The molecule has 0 aliphatic heterocycles. The molecule has 0 aromatic carbocycles. The van der Waals surface area contributed by atoms with Crippen molar-refractivity contribution < 1.29 is 4.79 Å². The molecule has 0 aliphatic carbocycles. The first-order valence-electron chi connectivity index (χ1n) is 0.808. The van der Waals surface area contributed by atoms with Crippen LogP contribution in [0.2, 0.25) is 0 Å². The van der Waals surface area contributed by atoms with Gasteiger partial charge in [0.25, 0.3) is 0 Å². The Morgan fingerprint density at radius 3 is 1.60 bits per heavy atom. The maximum absolute atomic E-state index is 8.35. The summed E-state index contributed by atoms with van der Waals surface area (Å²) in [5, 5.41) is 10.9. The number of isocyanates is 1. The molecule has 3 heteroatoms. The molecule has 0 atom stereocenters. The number of rotatable bonds is 0. The maximum atomic E-state index is 8.35. The molecule has 3 nitrogen and oxygen atoms in total. The van der Waals surface area contributed by atoms with Crippen LogP contribution in [0.1, 0.15) is 0 Å². The van der Waals surface area contributed by atoms with Gasteiger partial charge in [-0.1, -0.05) is 0 Å². The highest BCUT2D eigenvalue weighted by molar-refractivity contribution is 5.26. The van der Waals surface area contributed by atoms with Gasteiger partial charge in [0, 0.05) is 0 Å². The van der Waals surface area contributed by atoms with Crippen molar-refractivity contribution in [1.82, 2.24) is 0 Å². The average molecular weight is 72.1 g/mol. The van der Waals surface area contributed by atoms with Crippen LogP contribution >= 0.6 is 0 Å². The Labute approximate surface area is 29.6 Å². The molecule has 0 aliphatic rings. The second kappa shape index (κ2) is 5130. The monoisotopic (exact) mass is 72.0 g/mol. The molecule has 0 saturated heterocycles. The van der Waals surface area contributed by atoms with E-state index in [-0.39, 0.29) is 0 Å². The smallest absolute Gasteiger partial charge is 0.231 e. The van der Waals surface area contributed by atoms with Crippen molar-refractivity contribution in [3.05, 3.63) is 0 Å². The third-order valence-electron chi connectivity index (χ3n) is 0. The van der Waals surface area contributed by atoms with E-state index in [1.54, 1.807) is 0 Å². The lowest BCUT2D eigenvalue weighted by Crippen LogP contribution is -1.16. The molecule has 0 bridgehead atoms. The molecule has 5 heavy (non-hydrogen) atoms. The van der Waals surface area contributed by atoms with E-state index in [4.69, 9.17) is 15.6 Å². The Bertz CT molecular complexity index is 36.9. The molecule has 2 N–H and O–H groups in total. The molecular formula is C2H4N2O. The lowest BCUT2D eigenvalue weighted by molar-refractivity contribution is 0.563. The molecule has 0 radical (unpaired) electrons. The molecule has 0 saturated carbocycles. The Morgan fingerprint density at radius 2 is 1.60 bits per heavy atom. The molecule has 0 aromatic rings. The molecule has 0 fully saturated rings. The second-order valence-electron chi connectivity index (χ2n) is 0.102. The Kier molecular flexibility index (Phi) is 9190. The molecule has 0 aromatic heterocycles. The third kappa shape index (κ3) is 3.73. The third-order valence-corrected chi connectivity index (χ3v) is 0. The highest BCUT2D eigenvalue weighted by Gasteiger charge is 1.03. The predicted octanol–water partition coefficient (Wildman–Crippen LogP) is 0.167. The number of hydrogen-bond donors (Lipinski definition) is 2. The SMILES string of the molecule is C=N.N=C=O. The van der Waals surface area contributed by atoms with Gasteiger partial charge in [-0.25, -0.2) is 10.2 Å². The maximum Gasteiger partial charge on any atom is 0.231 e. The van der Waals surface area contributed by atoms with Crippen molar-refractivity contribution in [1.29, 1.82) is 10.8 Å². The van der Waals surface area contributed by atoms with Gasteiger partial charge in [0.1, 0.15) is 0 Å². The molecule has 0 amide bonds. The standard InChI is InChI=1S/CHNO.CH3N/c2-1-3;1-2/h2H;2H,1H2. The van der Waals surface area contributed by atoms with E-state index in [2.05, 4.69) is 6.72 Å². The van der Waals surface area contributed by atoms with E-state index in [1.165, 1.54) is 0 Å². The highest BCUT2D eigenvalue weighted by Crippen LogP contribution is 0.868. The fraction of sp³-hybridized carbons (Fsp3) is 0. The van der Waals surface area contributed by atoms with Gasteiger partial charge in [0.15, 0.2) is 0 Å². The van der Waals surface area contributed by atoms with Crippen LogP contribution in [0.3, 0.4) is 0 Å². The van der Waals surface area contributed by atoms with Crippen LogP contribution in [0.4, 0.5) is 0 Å². The van der Waals surface area contributed by atoms with Crippen LogP contribution in [-0.4, -0.2) is 12.8 Å².